The number of aromatic nitrogens is 1. The number of rotatable bonds is 6. The fourth-order valence-electron chi connectivity index (χ4n) is 4.34. The second-order valence-electron chi connectivity index (χ2n) is 7.86. The lowest BCUT2D eigenvalue weighted by molar-refractivity contribution is -0.141. The van der Waals surface area contributed by atoms with Crippen LogP contribution < -0.4 is 14.2 Å². The molecule has 0 amide bonds. The van der Waals surface area contributed by atoms with Crippen LogP contribution in [-0.4, -0.2) is 24.7 Å². The third-order valence-corrected chi connectivity index (χ3v) is 5.90. The number of ether oxygens (including phenoxy) is 4. The van der Waals surface area contributed by atoms with E-state index in [9.17, 15) is 9.18 Å². The molecule has 5 rings (SSSR count). The minimum atomic E-state index is -0.420. The van der Waals surface area contributed by atoms with Crippen LogP contribution >= 0.6 is 0 Å². The number of hydrogen-bond acceptors (Lipinski definition) is 6. The van der Waals surface area contributed by atoms with Crippen molar-refractivity contribution < 1.29 is 28.1 Å². The highest BCUT2D eigenvalue weighted by atomic mass is 19.1. The first-order valence-corrected chi connectivity index (χ1v) is 10.5. The Morgan fingerprint density at radius 2 is 2.00 bits per heavy atom. The molecule has 0 saturated carbocycles. The number of nitrogens with zero attached hydrogens (tertiary/aromatic N) is 1. The van der Waals surface area contributed by atoms with Crippen molar-refractivity contribution in [3.05, 3.63) is 77.4 Å². The van der Waals surface area contributed by atoms with Crippen molar-refractivity contribution in [2.24, 2.45) is 0 Å². The van der Waals surface area contributed by atoms with Crippen LogP contribution in [0.4, 0.5) is 4.39 Å². The summed E-state index contributed by atoms with van der Waals surface area (Å²) in [5.74, 6) is 1.95. The van der Waals surface area contributed by atoms with Gasteiger partial charge in [-0.1, -0.05) is 6.07 Å². The van der Waals surface area contributed by atoms with Crippen molar-refractivity contribution >= 4 is 5.97 Å². The lowest BCUT2D eigenvalue weighted by Crippen LogP contribution is -2.09. The van der Waals surface area contributed by atoms with Crippen molar-refractivity contribution in [2.75, 3.05) is 13.7 Å². The van der Waals surface area contributed by atoms with Gasteiger partial charge in [-0.15, -0.1) is 0 Å². The van der Waals surface area contributed by atoms with E-state index in [1.165, 1.54) is 13.2 Å². The third kappa shape index (κ3) is 3.86. The fourth-order valence-corrected chi connectivity index (χ4v) is 4.34. The van der Waals surface area contributed by atoms with Gasteiger partial charge in [0.25, 0.3) is 0 Å². The summed E-state index contributed by atoms with van der Waals surface area (Å²) in [7, 11) is 1.38. The molecule has 2 heterocycles. The summed E-state index contributed by atoms with van der Waals surface area (Å²) in [6, 6.07) is 12.1. The van der Waals surface area contributed by atoms with Crippen molar-refractivity contribution in [1.29, 1.82) is 0 Å². The molecular weight excluding hydrogens is 413 g/mol. The Kier molecular flexibility index (Phi) is 5.39. The molecule has 0 bridgehead atoms. The van der Waals surface area contributed by atoms with Gasteiger partial charge < -0.3 is 18.9 Å². The standard InChI is InChI=1S/C25H22FNO5/c1-29-24(28)12-15-14-30-23-13-17(2-3-18(15)23)32-22-6-4-19-21(7-5-20(26)25(19)22)31-16-8-10-27-11-9-16/h2-3,5,7-11,13,15,22H,4,6,12,14H2,1H3/t15?,22-/m1/s1. The summed E-state index contributed by atoms with van der Waals surface area (Å²) >= 11 is 0. The van der Waals surface area contributed by atoms with E-state index in [0.29, 0.717) is 48.0 Å². The largest absolute Gasteiger partial charge is 0.492 e. The van der Waals surface area contributed by atoms with E-state index in [2.05, 4.69) is 4.98 Å². The Morgan fingerprint density at radius 3 is 2.81 bits per heavy atom. The van der Waals surface area contributed by atoms with E-state index < -0.39 is 6.10 Å². The predicted octanol–water partition coefficient (Wildman–Crippen LogP) is 5.12. The molecule has 32 heavy (non-hydrogen) atoms. The summed E-state index contributed by atoms with van der Waals surface area (Å²) < 4.78 is 37.4. The molecule has 1 unspecified atom stereocenters. The van der Waals surface area contributed by atoms with Gasteiger partial charge in [0.2, 0.25) is 0 Å². The quantitative estimate of drug-likeness (QED) is 0.501. The van der Waals surface area contributed by atoms with Gasteiger partial charge in [0.05, 0.1) is 20.1 Å². The molecule has 0 spiro atoms. The first kappa shape index (κ1) is 20.3. The zero-order valence-electron chi connectivity index (χ0n) is 17.5. The average Bonchev–Trinajstić information content (AvgIpc) is 3.41. The minimum Gasteiger partial charge on any atom is -0.492 e. The van der Waals surface area contributed by atoms with Crippen molar-refractivity contribution in [1.82, 2.24) is 4.98 Å². The smallest absolute Gasteiger partial charge is 0.306 e. The Morgan fingerprint density at radius 1 is 1.16 bits per heavy atom. The van der Waals surface area contributed by atoms with E-state index in [1.807, 2.05) is 12.1 Å². The lowest BCUT2D eigenvalue weighted by atomic mass is 9.98. The molecule has 0 radical (unpaired) electrons. The zero-order chi connectivity index (χ0) is 22.1. The van der Waals surface area contributed by atoms with Crippen LogP contribution in [0.15, 0.2) is 54.9 Å². The second kappa shape index (κ2) is 8.49. The Bertz CT molecular complexity index is 1150. The monoisotopic (exact) mass is 435 g/mol. The Labute approximate surface area is 184 Å². The molecule has 0 saturated heterocycles. The van der Waals surface area contributed by atoms with Crippen LogP contribution in [-0.2, 0) is 16.0 Å². The highest BCUT2D eigenvalue weighted by Crippen LogP contribution is 2.44. The zero-order valence-corrected chi connectivity index (χ0v) is 17.5. The number of methoxy groups -OCH3 is 1. The Hall–Kier alpha value is -3.61. The maximum absolute atomic E-state index is 14.8. The number of halogens is 1. The molecule has 1 aliphatic heterocycles. The van der Waals surface area contributed by atoms with E-state index in [4.69, 9.17) is 18.9 Å². The maximum atomic E-state index is 14.8. The average molecular weight is 435 g/mol. The van der Waals surface area contributed by atoms with Gasteiger partial charge in [-0.05, 0) is 43.2 Å². The van der Waals surface area contributed by atoms with Crippen LogP contribution in [0.1, 0.15) is 41.6 Å². The molecule has 3 aromatic rings. The van der Waals surface area contributed by atoms with Crippen molar-refractivity contribution in [2.45, 2.75) is 31.3 Å². The molecule has 6 nitrogen and oxygen atoms in total. The lowest BCUT2D eigenvalue weighted by Gasteiger charge is -2.17. The van der Waals surface area contributed by atoms with Gasteiger partial charge in [-0.2, -0.15) is 0 Å². The molecule has 2 aliphatic rings. The number of fused-ring (bicyclic) bond motifs is 2. The number of hydrogen-bond donors (Lipinski definition) is 0. The predicted molar refractivity (Wildman–Crippen MR) is 114 cm³/mol. The summed E-state index contributed by atoms with van der Waals surface area (Å²) in [5.41, 5.74) is 2.30. The number of carbonyl (C=O) groups is 1. The minimum absolute atomic E-state index is 0.0379. The SMILES string of the molecule is COC(=O)CC1COc2cc(O[C@@H]3CCc4c(Oc5ccncc5)ccc(F)c43)ccc21. The van der Waals surface area contributed by atoms with E-state index in [1.54, 1.807) is 36.7 Å². The fraction of sp³-hybridized carbons (Fsp3) is 0.280. The van der Waals surface area contributed by atoms with Crippen LogP contribution in [0.2, 0.25) is 0 Å². The molecule has 164 valence electrons. The summed E-state index contributed by atoms with van der Waals surface area (Å²) in [6.45, 7) is 0.421. The third-order valence-electron chi connectivity index (χ3n) is 5.90. The van der Waals surface area contributed by atoms with Crippen LogP contribution in [0.5, 0.6) is 23.0 Å². The summed E-state index contributed by atoms with van der Waals surface area (Å²) in [5, 5.41) is 0. The highest BCUT2D eigenvalue weighted by molar-refractivity contribution is 5.71. The van der Waals surface area contributed by atoms with Crippen LogP contribution in [0, 0.1) is 5.82 Å². The molecule has 2 atom stereocenters. The first-order valence-electron chi connectivity index (χ1n) is 10.5. The van der Waals surface area contributed by atoms with E-state index in [-0.39, 0.29) is 24.1 Å². The number of esters is 1. The van der Waals surface area contributed by atoms with Gasteiger partial charge in [0, 0.05) is 41.1 Å². The maximum Gasteiger partial charge on any atom is 0.306 e. The molecule has 7 heteroatoms. The van der Waals surface area contributed by atoms with Gasteiger partial charge in [-0.25, -0.2) is 4.39 Å². The highest BCUT2D eigenvalue weighted by Gasteiger charge is 2.32. The molecular formula is C25H22FNO5. The normalized spacial score (nSPS) is 18.4. The van der Waals surface area contributed by atoms with Crippen LogP contribution in [0.25, 0.3) is 0 Å². The van der Waals surface area contributed by atoms with Gasteiger partial charge >= 0.3 is 5.97 Å². The molecule has 0 fully saturated rings. The second-order valence-corrected chi connectivity index (χ2v) is 7.86. The molecule has 2 aromatic carbocycles. The van der Waals surface area contributed by atoms with Crippen molar-refractivity contribution in [3.63, 3.8) is 0 Å². The van der Waals surface area contributed by atoms with Gasteiger partial charge in [-0.3, -0.25) is 9.78 Å². The molecule has 0 N–H and O–H groups in total. The van der Waals surface area contributed by atoms with E-state index in [0.717, 1.165) is 11.1 Å². The van der Waals surface area contributed by atoms with Crippen LogP contribution in [0.3, 0.4) is 0 Å². The van der Waals surface area contributed by atoms with Gasteiger partial charge in [0.1, 0.15) is 34.9 Å². The Balaban J connectivity index is 1.35. The number of carbonyl (C=O) groups excluding carboxylic acids is 1. The topological polar surface area (TPSA) is 66.9 Å². The van der Waals surface area contributed by atoms with Crippen molar-refractivity contribution in [3.8, 4) is 23.0 Å². The number of pyridine rings is 1. The van der Waals surface area contributed by atoms with E-state index >= 15 is 0 Å². The molecule has 1 aliphatic carbocycles. The summed E-state index contributed by atoms with van der Waals surface area (Å²) in [4.78, 5) is 15.6. The van der Waals surface area contributed by atoms with Gasteiger partial charge in [0.15, 0.2) is 0 Å². The number of benzene rings is 2. The first-order chi connectivity index (χ1) is 15.6. The summed E-state index contributed by atoms with van der Waals surface area (Å²) in [6.07, 6.45) is 4.45. The molecule has 1 aromatic heterocycles.